The van der Waals surface area contributed by atoms with Gasteiger partial charge >= 0.3 is 0 Å². The Kier molecular flexibility index (Phi) is 4.14. The summed E-state index contributed by atoms with van der Waals surface area (Å²) in [5.41, 5.74) is 7.05. The minimum absolute atomic E-state index is 0.0745. The first-order valence-corrected chi connectivity index (χ1v) is 7.32. The van der Waals surface area contributed by atoms with Crippen LogP contribution in [0.15, 0.2) is 53.6 Å². The first-order valence-electron chi connectivity index (χ1n) is 7.32. The zero-order valence-corrected chi connectivity index (χ0v) is 13.0. The summed E-state index contributed by atoms with van der Waals surface area (Å²) in [6.45, 7) is 3.95. The maximum absolute atomic E-state index is 12.1. The first-order chi connectivity index (χ1) is 11.1. The van der Waals surface area contributed by atoms with Gasteiger partial charge in [0, 0.05) is 5.56 Å². The standard InChI is InChI=1S/C17H17N5O/c1-12-7-3-4-8-14(12)13(2)18-20-17(23)11-22-16-10-6-5-9-15(16)19-21-22/h3-10H,11H2,1-2H3,(H,20,23)/b18-13-. The fraction of sp³-hybridized carbons (Fsp3) is 0.176. The van der Waals surface area contributed by atoms with E-state index in [0.29, 0.717) is 0 Å². The van der Waals surface area contributed by atoms with Crippen molar-refractivity contribution in [2.75, 3.05) is 0 Å². The predicted octanol–water partition coefficient (Wildman–Crippen LogP) is 2.28. The molecule has 0 atom stereocenters. The molecule has 2 aromatic carbocycles. The second kappa shape index (κ2) is 6.39. The van der Waals surface area contributed by atoms with Crippen LogP contribution in [-0.4, -0.2) is 26.6 Å². The van der Waals surface area contributed by atoms with Crippen LogP contribution in [0.1, 0.15) is 18.1 Å². The van der Waals surface area contributed by atoms with Crippen LogP contribution in [0.2, 0.25) is 0 Å². The molecule has 0 aliphatic rings. The summed E-state index contributed by atoms with van der Waals surface area (Å²) >= 11 is 0. The van der Waals surface area contributed by atoms with Crippen LogP contribution in [0.4, 0.5) is 0 Å². The second-order valence-electron chi connectivity index (χ2n) is 5.28. The average molecular weight is 307 g/mol. The van der Waals surface area contributed by atoms with E-state index in [2.05, 4.69) is 20.8 Å². The number of fused-ring (bicyclic) bond motifs is 1. The van der Waals surface area contributed by atoms with Crippen LogP contribution >= 0.6 is 0 Å². The SMILES string of the molecule is C/C(=N/NC(=O)Cn1nnc2ccccc21)c1ccccc1C. The number of amides is 1. The molecule has 0 saturated heterocycles. The van der Waals surface area contributed by atoms with Crippen molar-refractivity contribution in [3.05, 3.63) is 59.7 Å². The minimum atomic E-state index is -0.242. The lowest BCUT2D eigenvalue weighted by Gasteiger charge is -2.06. The summed E-state index contributed by atoms with van der Waals surface area (Å²) in [5, 5.41) is 12.2. The number of carbonyl (C=O) groups is 1. The number of carbonyl (C=O) groups excluding carboxylic acids is 1. The summed E-state index contributed by atoms with van der Waals surface area (Å²) in [6.07, 6.45) is 0. The summed E-state index contributed by atoms with van der Waals surface area (Å²) in [5.74, 6) is -0.242. The Morgan fingerprint density at radius 1 is 1.17 bits per heavy atom. The normalized spacial score (nSPS) is 11.7. The zero-order valence-electron chi connectivity index (χ0n) is 13.0. The topological polar surface area (TPSA) is 72.2 Å². The van der Waals surface area contributed by atoms with Crippen LogP contribution < -0.4 is 5.43 Å². The molecule has 1 heterocycles. The molecule has 1 aromatic heterocycles. The Hall–Kier alpha value is -3.02. The van der Waals surface area contributed by atoms with Crippen molar-refractivity contribution in [1.29, 1.82) is 0 Å². The number of rotatable bonds is 4. The fourth-order valence-electron chi connectivity index (χ4n) is 2.39. The molecule has 0 bridgehead atoms. The van der Waals surface area contributed by atoms with Gasteiger partial charge in [-0.25, -0.2) is 10.1 Å². The Bertz CT molecular complexity index is 881. The third-order valence-corrected chi connectivity index (χ3v) is 3.60. The van der Waals surface area contributed by atoms with Crippen molar-refractivity contribution < 1.29 is 4.79 Å². The van der Waals surface area contributed by atoms with Crippen LogP contribution in [0.3, 0.4) is 0 Å². The third-order valence-electron chi connectivity index (χ3n) is 3.60. The molecule has 23 heavy (non-hydrogen) atoms. The fourth-order valence-corrected chi connectivity index (χ4v) is 2.39. The highest BCUT2D eigenvalue weighted by molar-refractivity contribution is 6.00. The molecule has 3 aromatic rings. The number of hydrogen-bond acceptors (Lipinski definition) is 4. The molecule has 0 aliphatic heterocycles. The van der Waals surface area contributed by atoms with E-state index in [-0.39, 0.29) is 12.5 Å². The van der Waals surface area contributed by atoms with Crippen LogP contribution in [0.5, 0.6) is 0 Å². The first kappa shape index (κ1) is 14.9. The van der Waals surface area contributed by atoms with Gasteiger partial charge in [-0.3, -0.25) is 4.79 Å². The van der Waals surface area contributed by atoms with Gasteiger partial charge < -0.3 is 0 Å². The van der Waals surface area contributed by atoms with E-state index in [1.807, 2.05) is 62.4 Å². The zero-order chi connectivity index (χ0) is 16.2. The molecular formula is C17H17N5O. The lowest BCUT2D eigenvalue weighted by atomic mass is 10.1. The van der Waals surface area contributed by atoms with Crippen LogP contribution in [0, 0.1) is 6.92 Å². The van der Waals surface area contributed by atoms with Gasteiger partial charge in [-0.1, -0.05) is 41.6 Å². The summed E-state index contributed by atoms with van der Waals surface area (Å²) < 4.78 is 1.56. The highest BCUT2D eigenvalue weighted by Crippen LogP contribution is 2.10. The average Bonchev–Trinajstić information content (AvgIpc) is 2.96. The van der Waals surface area contributed by atoms with E-state index in [1.54, 1.807) is 4.68 Å². The van der Waals surface area contributed by atoms with Crippen molar-refractivity contribution in [3.63, 3.8) is 0 Å². The van der Waals surface area contributed by atoms with E-state index in [9.17, 15) is 4.79 Å². The quantitative estimate of drug-likeness (QED) is 0.593. The Morgan fingerprint density at radius 3 is 2.74 bits per heavy atom. The molecule has 1 N–H and O–H groups in total. The molecule has 0 saturated carbocycles. The van der Waals surface area contributed by atoms with Crippen molar-refractivity contribution in [1.82, 2.24) is 20.4 Å². The van der Waals surface area contributed by atoms with Gasteiger partial charge in [0.2, 0.25) is 0 Å². The molecule has 1 amide bonds. The molecule has 0 spiro atoms. The molecular weight excluding hydrogens is 290 g/mol. The number of nitrogens with one attached hydrogen (secondary N) is 1. The number of aromatic nitrogens is 3. The van der Waals surface area contributed by atoms with Crippen molar-refractivity contribution in [2.24, 2.45) is 5.10 Å². The van der Waals surface area contributed by atoms with Gasteiger partial charge in [-0.15, -0.1) is 5.10 Å². The molecule has 0 unspecified atom stereocenters. The molecule has 6 heteroatoms. The number of hydrazone groups is 1. The Morgan fingerprint density at radius 2 is 1.91 bits per heavy atom. The van der Waals surface area contributed by atoms with Crippen LogP contribution in [-0.2, 0) is 11.3 Å². The Labute approximate surface area is 133 Å². The monoisotopic (exact) mass is 307 g/mol. The number of para-hydroxylation sites is 1. The minimum Gasteiger partial charge on any atom is -0.271 e. The maximum atomic E-state index is 12.1. The summed E-state index contributed by atoms with van der Waals surface area (Å²) in [7, 11) is 0. The summed E-state index contributed by atoms with van der Waals surface area (Å²) in [6, 6.07) is 15.4. The van der Waals surface area contributed by atoms with Gasteiger partial charge in [0.05, 0.1) is 11.2 Å². The van der Waals surface area contributed by atoms with Crippen LogP contribution in [0.25, 0.3) is 11.0 Å². The van der Waals surface area contributed by atoms with Gasteiger partial charge in [0.1, 0.15) is 12.1 Å². The van der Waals surface area contributed by atoms with Gasteiger partial charge in [-0.05, 0) is 31.5 Å². The highest BCUT2D eigenvalue weighted by Gasteiger charge is 2.08. The van der Waals surface area contributed by atoms with Crippen molar-refractivity contribution >= 4 is 22.7 Å². The van der Waals surface area contributed by atoms with Gasteiger partial charge in [0.15, 0.2) is 0 Å². The van der Waals surface area contributed by atoms with Gasteiger partial charge in [0.25, 0.3) is 5.91 Å². The molecule has 0 radical (unpaired) electrons. The van der Waals surface area contributed by atoms with E-state index in [0.717, 1.165) is 27.9 Å². The molecule has 0 aliphatic carbocycles. The molecule has 6 nitrogen and oxygen atoms in total. The number of hydrogen-bond donors (Lipinski definition) is 1. The number of aryl methyl sites for hydroxylation is 1. The molecule has 116 valence electrons. The largest absolute Gasteiger partial charge is 0.271 e. The lowest BCUT2D eigenvalue weighted by molar-refractivity contribution is -0.121. The third kappa shape index (κ3) is 3.26. The summed E-state index contributed by atoms with van der Waals surface area (Å²) in [4.78, 5) is 12.1. The van der Waals surface area contributed by atoms with E-state index in [4.69, 9.17) is 0 Å². The lowest BCUT2D eigenvalue weighted by Crippen LogP contribution is -2.25. The molecule has 0 fully saturated rings. The van der Waals surface area contributed by atoms with E-state index in [1.165, 1.54) is 0 Å². The van der Waals surface area contributed by atoms with Crippen molar-refractivity contribution in [3.8, 4) is 0 Å². The highest BCUT2D eigenvalue weighted by atomic mass is 16.2. The van der Waals surface area contributed by atoms with Crippen molar-refractivity contribution in [2.45, 2.75) is 20.4 Å². The number of benzene rings is 2. The van der Waals surface area contributed by atoms with Gasteiger partial charge in [-0.2, -0.15) is 5.10 Å². The molecule has 3 rings (SSSR count). The smallest absolute Gasteiger partial charge is 0.261 e. The Balaban J connectivity index is 1.70. The maximum Gasteiger partial charge on any atom is 0.261 e. The van der Waals surface area contributed by atoms with E-state index < -0.39 is 0 Å². The second-order valence-corrected chi connectivity index (χ2v) is 5.28. The predicted molar refractivity (Wildman–Crippen MR) is 89.1 cm³/mol. The number of nitrogens with zero attached hydrogens (tertiary/aromatic N) is 4. The van der Waals surface area contributed by atoms with E-state index >= 15 is 0 Å².